The van der Waals surface area contributed by atoms with Crippen molar-refractivity contribution in [1.29, 1.82) is 0 Å². The lowest BCUT2D eigenvalue weighted by atomic mass is 10.1. The Morgan fingerprint density at radius 2 is 2.35 bits per heavy atom. The van der Waals surface area contributed by atoms with Crippen molar-refractivity contribution in [3.05, 3.63) is 24.0 Å². The van der Waals surface area contributed by atoms with Crippen molar-refractivity contribution in [2.75, 3.05) is 26.2 Å². The van der Waals surface area contributed by atoms with Crippen LogP contribution in [-0.4, -0.2) is 58.3 Å². The predicted molar refractivity (Wildman–Crippen MR) is 74.5 cm³/mol. The van der Waals surface area contributed by atoms with Crippen molar-refractivity contribution in [2.24, 2.45) is 0 Å². The Kier molecular flexibility index (Phi) is 5.31. The van der Waals surface area contributed by atoms with Gasteiger partial charge >= 0.3 is 0 Å². The monoisotopic (exact) mass is 279 g/mol. The van der Waals surface area contributed by atoms with E-state index in [2.05, 4.69) is 15.2 Å². The number of aliphatic hydroxyl groups excluding tert-OH is 1. The van der Waals surface area contributed by atoms with Crippen molar-refractivity contribution in [3.8, 4) is 5.75 Å². The summed E-state index contributed by atoms with van der Waals surface area (Å²) >= 11 is 0. The van der Waals surface area contributed by atoms with E-state index in [1.54, 1.807) is 0 Å². The molecule has 20 heavy (non-hydrogen) atoms. The average molecular weight is 279 g/mol. The van der Waals surface area contributed by atoms with Gasteiger partial charge in [0.25, 0.3) is 5.91 Å². The van der Waals surface area contributed by atoms with Gasteiger partial charge < -0.3 is 20.4 Å². The first kappa shape index (κ1) is 14.7. The molecule has 1 atom stereocenters. The van der Waals surface area contributed by atoms with Gasteiger partial charge in [-0.2, -0.15) is 0 Å². The zero-order chi connectivity index (χ0) is 14.4. The molecule has 110 valence electrons. The number of pyridine rings is 1. The van der Waals surface area contributed by atoms with Crippen molar-refractivity contribution in [1.82, 2.24) is 15.2 Å². The number of likely N-dealkylation sites (tertiary alicyclic amines) is 1. The van der Waals surface area contributed by atoms with Gasteiger partial charge in [-0.1, -0.05) is 0 Å². The highest BCUT2D eigenvalue weighted by Gasteiger charge is 2.16. The number of carbonyl (C=O) groups excluding carboxylic acids is 1. The Balaban J connectivity index is 1.67. The maximum atomic E-state index is 11.8. The molecule has 0 unspecified atom stereocenters. The number of rotatable bonds is 5. The number of hydrogen-bond donors (Lipinski definition) is 3. The minimum atomic E-state index is -0.230. The van der Waals surface area contributed by atoms with E-state index in [-0.39, 0.29) is 17.8 Å². The summed E-state index contributed by atoms with van der Waals surface area (Å²) < 4.78 is 0. The summed E-state index contributed by atoms with van der Waals surface area (Å²) in [5.74, 6) is -0.243. The van der Waals surface area contributed by atoms with Crippen molar-refractivity contribution < 1.29 is 15.0 Å². The molecule has 6 heteroatoms. The summed E-state index contributed by atoms with van der Waals surface area (Å²) in [6.07, 6.45) is 5.26. The zero-order valence-electron chi connectivity index (χ0n) is 11.5. The second-order valence-corrected chi connectivity index (χ2v) is 5.14. The lowest BCUT2D eigenvalue weighted by molar-refractivity contribution is 0.0697. The van der Waals surface area contributed by atoms with Crippen LogP contribution in [0.2, 0.25) is 0 Å². The topological polar surface area (TPSA) is 85.7 Å². The predicted octanol–water partition coefficient (Wildman–Crippen LogP) is 0.364. The van der Waals surface area contributed by atoms with E-state index in [0.29, 0.717) is 12.1 Å². The van der Waals surface area contributed by atoms with E-state index in [0.717, 1.165) is 38.9 Å². The van der Waals surface area contributed by atoms with Crippen LogP contribution in [-0.2, 0) is 0 Å². The van der Waals surface area contributed by atoms with Crippen LogP contribution in [0.5, 0.6) is 5.75 Å². The molecule has 0 aromatic carbocycles. The van der Waals surface area contributed by atoms with Gasteiger partial charge in [-0.25, -0.2) is 0 Å². The molecule has 1 aromatic rings. The number of hydrogen-bond acceptors (Lipinski definition) is 5. The fourth-order valence-electron chi connectivity index (χ4n) is 2.39. The van der Waals surface area contributed by atoms with Crippen LogP contribution in [0.3, 0.4) is 0 Å². The molecule has 0 bridgehead atoms. The Labute approximate surface area is 118 Å². The van der Waals surface area contributed by atoms with Crippen molar-refractivity contribution >= 4 is 5.91 Å². The Bertz CT molecular complexity index is 453. The first-order valence-corrected chi connectivity index (χ1v) is 6.98. The molecule has 0 aliphatic carbocycles. The Hall–Kier alpha value is -1.66. The Morgan fingerprint density at radius 3 is 3.10 bits per heavy atom. The van der Waals surface area contributed by atoms with E-state index in [1.807, 2.05) is 0 Å². The molecular weight excluding hydrogens is 258 g/mol. The summed E-state index contributed by atoms with van der Waals surface area (Å²) in [5, 5.41) is 21.6. The molecular formula is C14H21N3O3. The van der Waals surface area contributed by atoms with Crippen molar-refractivity contribution in [2.45, 2.75) is 25.4 Å². The van der Waals surface area contributed by atoms with Crippen LogP contribution in [0.25, 0.3) is 0 Å². The molecule has 2 rings (SSSR count). The van der Waals surface area contributed by atoms with E-state index in [1.165, 1.54) is 18.5 Å². The lowest BCUT2D eigenvalue weighted by Gasteiger charge is -2.29. The average Bonchev–Trinajstić information content (AvgIpc) is 2.43. The number of β-amino-alcohol motifs (C(OH)–C–C–N with tert-alkyl or cyclic N) is 1. The zero-order valence-corrected chi connectivity index (χ0v) is 11.5. The Morgan fingerprint density at radius 1 is 1.50 bits per heavy atom. The quantitative estimate of drug-likeness (QED) is 0.678. The van der Waals surface area contributed by atoms with E-state index in [4.69, 9.17) is 0 Å². The SMILES string of the molecule is O=C(NCCCN1CCC[C@H](O)C1)c1cncc(O)c1. The minimum absolute atomic E-state index is 0.0139. The molecule has 6 nitrogen and oxygen atoms in total. The van der Waals surface area contributed by atoms with Crippen LogP contribution < -0.4 is 5.32 Å². The minimum Gasteiger partial charge on any atom is -0.506 e. The molecule has 1 amide bonds. The second-order valence-electron chi connectivity index (χ2n) is 5.14. The highest BCUT2D eigenvalue weighted by Crippen LogP contribution is 2.10. The van der Waals surface area contributed by atoms with Crippen LogP contribution in [0.15, 0.2) is 18.5 Å². The molecule has 1 aromatic heterocycles. The summed E-state index contributed by atoms with van der Waals surface area (Å²) in [7, 11) is 0. The van der Waals surface area contributed by atoms with Gasteiger partial charge in [-0.15, -0.1) is 0 Å². The van der Waals surface area contributed by atoms with E-state index in [9.17, 15) is 15.0 Å². The maximum Gasteiger partial charge on any atom is 0.252 e. The first-order chi connectivity index (χ1) is 9.65. The summed E-state index contributed by atoms with van der Waals surface area (Å²) in [5.41, 5.74) is 0.360. The molecule has 1 saturated heterocycles. The standard InChI is InChI=1S/C14H21N3O3/c18-12-3-1-5-17(10-12)6-2-4-16-14(20)11-7-13(19)9-15-8-11/h7-9,12,18-19H,1-6,10H2,(H,16,20)/t12-/m0/s1. The molecule has 1 fully saturated rings. The molecule has 1 aliphatic rings. The van der Waals surface area contributed by atoms with Gasteiger partial charge in [-0.3, -0.25) is 9.78 Å². The number of aromatic nitrogens is 1. The third-order valence-corrected chi connectivity index (χ3v) is 3.40. The largest absolute Gasteiger partial charge is 0.506 e. The molecule has 2 heterocycles. The number of carbonyl (C=O) groups is 1. The molecule has 0 spiro atoms. The van der Waals surface area contributed by atoms with Crippen LogP contribution in [0, 0.1) is 0 Å². The molecule has 1 aliphatic heterocycles. The maximum absolute atomic E-state index is 11.8. The fourth-order valence-corrected chi connectivity index (χ4v) is 2.39. The number of piperidine rings is 1. The highest BCUT2D eigenvalue weighted by atomic mass is 16.3. The number of aliphatic hydroxyl groups is 1. The first-order valence-electron chi connectivity index (χ1n) is 6.98. The number of amides is 1. The van der Waals surface area contributed by atoms with E-state index >= 15 is 0 Å². The van der Waals surface area contributed by atoms with Gasteiger partial charge in [-0.05, 0) is 38.4 Å². The highest BCUT2D eigenvalue weighted by molar-refractivity contribution is 5.94. The second kappa shape index (κ2) is 7.21. The molecule has 0 saturated carbocycles. The van der Waals surface area contributed by atoms with Crippen molar-refractivity contribution in [3.63, 3.8) is 0 Å². The fraction of sp³-hybridized carbons (Fsp3) is 0.571. The third kappa shape index (κ3) is 4.47. The summed E-state index contributed by atoms with van der Waals surface area (Å²) in [6, 6.07) is 1.39. The lowest BCUT2D eigenvalue weighted by Crippen LogP contribution is -2.39. The molecule has 0 radical (unpaired) electrons. The summed E-state index contributed by atoms with van der Waals surface area (Å²) in [6.45, 7) is 3.18. The van der Waals surface area contributed by atoms with Crippen LogP contribution in [0.1, 0.15) is 29.6 Å². The number of aromatic hydroxyl groups is 1. The smallest absolute Gasteiger partial charge is 0.252 e. The van der Waals surface area contributed by atoms with Gasteiger partial charge in [0.05, 0.1) is 17.9 Å². The van der Waals surface area contributed by atoms with Gasteiger partial charge in [0.2, 0.25) is 0 Å². The van der Waals surface area contributed by atoms with Crippen LogP contribution >= 0.6 is 0 Å². The number of nitrogens with one attached hydrogen (secondary N) is 1. The van der Waals surface area contributed by atoms with Crippen LogP contribution in [0.4, 0.5) is 0 Å². The van der Waals surface area contributed by atoms with E-state index < -0.39 is 0 Å². The normalized spacial score (nSPS) is 19.8. The molecule has 3 N–H and O–H groups in total. The summed E-state index contributed by atoms with van der Waals surface area (Å²) in [4.78, 5) is 17.8. The third-order valence-electron chi connectivity index (χ3n) is 3.40. The van der Waals surface area contributed by atoms with Gasteiger partial charge in [0.15, 0.2) is 0 Å². The van der Waals surface area contributed by atoms with Gasteiger partial charge in [0, 0.05) is 19.3 Å². The number of nitrogens with zero attached hydrogens (tertiary/aromatic N) is 2. The van der Waals surface area contributed by atoms with Gasteiger partial charge in [0.1, 0.15) is 5.75 Å².